The summed E-state index contributed by atoms with van der Waals surface area (Å²) in [5.41, 5.74) is 0. The second kappa shape index (κ2) is 60.7. The molecule has 0 fully saturated rings. The summed E-state index contributed by atoms with van der Waals surface area (Å²) in [5, 5.41) is 13.9. The second-order valence-corrected chi connectivity index (χ2v) is 23.8. The van der Waals surface area contributed by atoms with E-state index in [-0.39, 0.29) is 19.1 Å². The molecule has 0 aliphatic heterocycles. The lowest BCUT2D eigenvalue weighted by Crippen LogP contribution is -2.45. The molecule has 0 aromatic heterocycles. The van der Waals surface area contributed by atoms with Crippen LogP contribution >= 0.6 is 7.82 Å². The Morgan fingerprint density at radius 1 is 0.432 bits per heavy atom. The lowest BCUT2D eigenvalue weighted by atomic mass is 10.0. The van der Waals surface area contributed by atoms with E-state index in [2.05, 4.69) is 165 Å². The Balaban J connectivity index is 4.28. The van der Waals surface area contributed by atoms with Gasteiger partial charge in [0.25, 0.3) is 0 Å². The monoisotopic (exact) mass is 1140 g/mol. The van der Waals surface area contributed by atoms with Gasteiger partial charge in [-0.15, -0.1) is 0 Å². The molecule has 0 aliphatic carbocycles. The van der Waals surface area contributed by atoms with Gasteiger partial charge in [-0.1, -0.05) is 268 Å². The van der Waals surface area contributed by atoms with Gasteiger partial charge in [-0.2, -0.15) is 0 Å². The van der Waals surface area contributed by atoms with Gasteiger partial charge in [-0.25, -0.2) is 4.57 Å². The zero-order valence-corrected chi connectivity index (χ0v) is 53.4. The molecular weight excluding hydrogens is 1020 g/mol. The fourth-order valence-corrected chi connectivity index (χ4v) is 9.19. The number of nitrogens with one attached hydrogen (secondary N) is 1. The molecule has 3 atom stereocenters. The van der Waals surface area contributed by atoms with Crippen LogP contribution in [0, 0.1) is 0 Å². The first-order valence-electron chi connectivity index (χ1n) is 32.4. The summed E-state index contributed by atoms with van der Waals surface area (Å²) >= 11 is 0. The Morgan fingerprint density at radius 2 is 0.753 bits per heavy atom. The average molecular weight is 1140 g/mol. The van der Waals surface area contributed by atoms with Crippen LogP contribution in [0.4, 0.5) is 0 Å². The van der Waals surface area contributed by atoms with E-state index in [4.69, 9.17) is 9.05 Å². The number of allylic oxidation sites excluding steroid dienone is 25. The van der Waals surface area contributed by atoms with Crippen molar-refractivity contribution in [2.45, 2.75) is 251 Å². The van der Waals surface area contributed by atoms with E-state index in [9.17, 15) is 19.4 Å². The molecule has 8 nitrogen and oxygen atoms in total. The number of amides is 1. The standard InChI is InChI=1S/C72H121N2O6P/c1-6-8-10-12-14-16-18-20-22-24-26-28-30-31-32-33-34-35-36-37-38-39-40-41-42-43-44-46-48-50-52-54-56-58-60-62-64-66-72(76)73-70(69-80-81(77,78)79-68-67-74(3,4)5)71(75)65-63-61-59-57-55-53-51-49-47-45-29-27-25-23-21-19-17-15-13-11-9-7-2/h8,10,14,16,20,22,26,28,31-32,34-35,37-38,40-41,43-44,47-50,55,57,63,65,70-71,75H,6-7,9,11-13,15,17-19,21,23-25,27,29-30,33,36,39,42,45-46,51-54,56,58-62,64,66-69H2,1-5H3,(H-,73,76,77,78)/p+1/b10-8-,16-14-,22-20-,28-26-,32-31-,35-34-,38-37-,41-40-,44-43-,49-47+,50-48-,57-55+,65-63+. The topological polar surface area (TPSA) is 105 Å². The number of carbonyl (C=O) groups excluding carboxylic acids is 1. The van der Waals surface area contributed by atoms with E-state index in [1.165, 1.54) is 83.5 Å². The van der Waals surface area contributed by atoms with Gasteiger partial charge >= 0.3 is 7.82 Å². The van der Waals surface area contributed by atoms with Crippen LogP contribution in [0.5, 0.6) is 0 Å². The highest BCUT2D eigenvalue weighted by atomic mass is 31.2. The average Bonchev–Trinajstić information content (AvgIpc) is 3.43. The molecule has 1 amide bonds. The maximum atomic E-state index is 13.0. The van der Waals surface area contributed by atoms with Gasteiger partial charge in [0.1, 0.15) is 13.2 Å². The molecular formula is C72H122N2O6P+. The molecule has 0 aromatic carbocycles. The molecule has 460 valence electrons. The molecule has 0 bridgehead atoms. The molecule has 0 saturated carbocycles. The van der Waals surface area contributed by atoms with Crippen LogP contribution in [0.3, 0.4) is 0 Å². The maximum absolute atomic E-state index is 13.0. The Labute approximate surface area is 499 Å². The Hall–Kier alpha value is -3.88. The van der Waals surface area contributed by atoms with Crippen LogP contribution in [0.15, 0.2) is 158 Å². The molecule has 0 rings (SSSR count). The minimum absolute atomic E-state index is 0.0418. The quantitative estimate of drug-likeness (QED) is 0.0243. The number of carbonyl (C=O) groups is 1. The Bertz CT molecular complexity index is 1870. The zero-order chi connectivity index (χ0) is 59.1. The molecule has 0 saturated heterocycles. The molecule has 81 heavy (non-hydrogen) atoms. The van der Waals surface area contributed by atoms with Crippen molar-refractivity contribution in [2.75, 3.05) is 40.9 Å². The highest BCUT2D eigenvalue weighted by Gasteiger charge is 2.27. The molecule has 9 heteroatoms. The normalized spacial score (nSPS) is 14.8. The van der Waals surface area contributed by atoms with Gasteiger partial charge in [-0.05, 0) is 122 Å². The lowest BCUT2D eigenvalue weighted by Gasteiger charge is -2.25. The first kappa shape index (κ1) is 77.1. The summed E-state index contributed by atoms with van der Waals surface area (Å²) in [7, 11) is 1.51. The molecule has 0 aromatic rings. The minimum Gasteiger partial charge on any atom is -0.387 e. The van der Waals surface area contributed by atoms with Gasteiger partial charge in [-0.3, -0.25) is 13.8 Å². The number of nitrogens with zero attached hydrogens (tertiary/aromatic N) is 1. The van der Waals surface area contributed by atoms with E-state index in [1.54, 1.807) is 6.08 Å². The highest BCUT2D eigenvalue weighted by molar-refractivity contribution is 7.47. The number of phosphoric ester groups is 1. The molecule has 3 N–H and O–H groups in total. The van der Waals surface area contributed by atoms with E-state index >= 15 is 0 Å². The van der Waals surface area contributed by atoms with Gasteiger partial charge in [0.05, 0.1) is 39.9 Å². The largest absolute Gasteiger partial charge is 0.472 e. The predicted octanol–water partition coefficient (Wildman–Crippen LogP) is 20.6. The number of unbranched alkanes of at least 4 members (excludes halogenated alkanes) is 20. The van der Waals surface area contributed by atoms with Crippen LogP contribution in [-0.2, 0) is 18.4 Å². The summed E-state index contributed by atoms with van der Waals surface area (Å²) in [6, 6.07) is -0.891. The fraction of sp³-hybridized carbons (Fsp3) is 0.625. The predicted molar refractivity (Wildman–Crippen MR) is 354 cm³/mol. The number of hydrogen-bond donors (Lipinski definition) is 3. The van der Waals surface area contributed by atoms with Crippen molar-refractivity contribution in [3.63, 3.8) is 0 Å². The van der Waals surface area contributed by atoms with Crippen molar-refractivity contribution in [1.29, 1.82) is 0 Å². The van der Waals surface area contributed by atoms with Crippen molar-refractivity contribution in [3.8, 4) is 0 Å². The first-order valence-corrected chi connectivity index (χ1v) is 33.9. The van der Waals surface area contributed by atoms with Crippen molar-refractivity contribution in [2.24, 2.45) is 0 Å². The number of quaternary nitrogens is 1. The number of aliphatic hydroxyl groups excluding tert-OH is 1. The number of phosphoric acid groups is 1. The zero-order valence-electron chi connectivity index (χ0n) is 52.5. The summed E-state index contributed by atoms with van der Waals surface area (Å²) in [6.45, 7) is 4.65. The van der Waals surface area contributed by atoms with E-state index < -0.39 is 20.0 Å². The number of hydrogen-bond acceptors (Lipinski definition) is 5. The number of likely N-dealkylation sites (N-methyl/N-ethyl adjacent to an activating group) is 1. The summed E-state index contributed by atoms with van der Waals surface area (Å²) in [6.07, 6.45) is 95.1. The van der Waals surface area contributed by atoms with Gasteiger partial charge < -0.3 is 19.8 Å². The Morgan fingerprint density at radius 3 is 1.14 bits per heavy atom. The molecule has 0 aliphatic rings. The lowest BCUT2D eigenvalue weighted by molar-refractivity contribution is -0.870. The highest BCUT2D eigenvalue weighted by Crippen LogP contribution is 2.43. The minimum atomic E-state index is -4.38. The fourth-order valence-electron chi connectivity index (χ4n) is 8.45. The Kier molecular flexibility index (Phi) is 57.8. The molecule has 0 heterocycles. The molecule has 3 unspecified atom stereocenters. The van der Waals surface area contributed by atoms with Crippen LogP contribution in [0.1, 0.15) is 239 Å². The van der Waals surface area contributed by atoms with Gasteiger partial charge in [0.15, 0.2) is 0 Å². The number of rotatable bonds is 57. The van der Waals surface area contributed by atoms with Gasteiger partial charge in [0, 0.05) is 6.42 Å². The summed E-state index contributed by atoms with van der Waals surface area (Å²) in [4.78, 5) is 23.4. The van der Waals surface area contributed by atoms with Crippen LogP contribution in [0.2, 0.25) is 0 Å². The SMILES string of the molecule is CC/C=C\C/C=C\C/C=C\C/C=C\C/C=C\C/C=C\C/C=C\C/C=C\C/C=C\C/C=C\CCCCCCCCC(=O)NC(COP(=O)(O)OCC[N+](C)(C)C)C(O)/C=C/CC/C=C/CC/C=C/CCCCCCCCCCCCCC. The van der Waals surface area contributed by atoms with Crippen molar-refractivity contribution >= 4 is 13.7 Å². The van der Waals surface area contributed by atoms with Crippen molar-refractivity contribution in [3.05, 3.63) is 158 Å². The number of aliphatic hydroxyl groups is 1. The molecule has 0 radical (unpaired) electrons. The first-order chi connectivity index (χ1) is 39.5. The van der Waals surface area contributed by atoms with Gasteiger partial charge in [0.2, 0.25) is 5.91 Å². The second-order valence-electron chi connectivity index (χ2n) is 22.4. The maximum Gasteiger partial charge on any atom is 0.472 e. The molecule has 0 spiro atoms. The van der Waals surface area contributed by atoms with Crippen LogP contribution < -0.4 is 5.32 Å². The van der Waals surface area contributed by atoms with Crippen LogP contribution in [0.25, 0.3) is 0 Å². The smallest absolute Gasteiger partial charge is 0.387 e. The summed E-state index contributed by atoms with van der Waals surface area (Å²) < 4.78 is 23.7. The third kappa shape index (κ3) is 63.5. The third-order valence-electron chi connectivity index (χ3n) is 13.5. The van der Waals surface area contributed by atoms with E-state index in [0.717, 1.165) is 135 Å². The van der Waals surface area contributed by atoms with E-state index in [0.29, 0.717) is 17.4 Å². The third-order valence-corrected chi connectivity index (χ3v) is 14.4. The summed E-state index contributed by atoms with van der Waals surface area (Å²) in [5.74, 6) is -0.211. The van der Waals surface area contributed by atoms with Crippen LogP contribution in [-0.4, -0.2) is 73.4 Å². The van der Waals surface area contributed by atoms with E-state index in [1.807, 2.05) is 27.2 Å². The van der Waals surface area contributed by atoms with Crippen molar-refractivity contribution in [1.82, 2.24) is 5.32 Å². The van der Waals surface area contributed by atoms with Crippen molar-refractivity contribution < 1.29 is 32.9 Å².